The molecule has 0 bridgehead atoms. The van der Waals surface area contributed by atoms with Gasteiger partial charge in [-0.05, 0) is 31.0 Å². The Morgan fingerprint density at radius 3 is 2.83 bits per heavy atom. The molecular weight excluding hydrogens is 148 g/mol. The molecule has 1 nitrogen and oxygen atoms in total. The SMILES string of the molecule is C=CCOc1cccc(C)c1C. The molecule has 0 aliphatic carbocycles. The lowest BCUT2D eigenvalue weighted by atomic mass is 10.1. The van der Waals surface area contributed by atoms with E-state index in [1.54, 1.807) is 6.08 Å². The number of aryl methyl sites for hydroxylation is 1. The zero-order chi connectivity index (χ0) is 8.97. The van der Waals surface area contributed by atoms with E-state index in [2.05, 4.69) is 26.5 Å². The van der Waals surface area contributed by atoms with E-state index in [4.69, 9.17) is 4.74 Å². The number of hydrogen-bond acceptors (Lipinski definition) is 1. The summed E-state index contributed by atoms with van der Waals surface area (Å²) in [7, 11) is 0. The highest BCUT2D eigenvalue weighted by Crippen LogP contribution is 2.20. The zero-order valence-electron chi connectivity index (χ0n) is 7.63. The van der Waals surface area contributed by atoms with Crippen LogP contribution in [0.4, 0.5) is 0 Å². The van der Waals surface area contributed by atoms with Crippen LogP contribution >= 0.6 is 0 Å². The first kappa shape index (κ1) is 8.85. The Labute approximate surface area is 73.7 Å². The molecule has 0 atom stereocenters. The van der Waals surface area contributed by atoms with Gasteiger partial charge in [-0.3, -0.25) is 0 Å². The van der Waals surface area contributed by atoms with Crippen molar-refractivity contribution in [3.63, 3.8) is 0 Å². The lowest BCUT2D eigenvalue weighted by molar-refractivity contribution is 0.360. The predicted octanol–water partition coefficient (Wildman–Crippen LogP) is 2.87. The maximum absolute atomic E-state index is 5.45. The minimum atomic E-state index is 0.574. The molecule has 1 heteroatoms. The first-order chi connectivity index (χ1) is 5.75. The van der Waals surface area contributed by atoms with E-state index >= 15 is 0 Å². The van der Waals surface area contributed by atoms with Crippen molar-refractivity contribution in [1.29, 1.82) is 0 Å². The van der Waals surface area contributed by atoms with E-state index in [0.29, 0.717) is 6.61 Å². The third-order valence-electron chi connectivity index (χ3n) is 1.91. The van der Waals surface area contributed by atoms with E-state index in [9.17, 15) is 0 Å². The third-order valence-corrected chi connectivity index (χ3v) is 1.91. The quantitative estimate of drug-likeness (QED) is 0.621. The molecule has 0 heterocycles. The molecule has 0 aliphatic heterocycles. The van der Waals surface area contributed by atoms with Gasteiger partial charge in [-0.2, -0.15) is 0 Å². The van der Waals surface area contributed by atoms with Crippen molar-refractivity contribution in [1.82, 2.24) is 0 Å². The van der Waals surface area contributed by atoms with Crippen LogP contribution < -0.4 is 4.74 Å². The van der Waals surface area contributed by atoms with E-state index in [1.165, 1.54) is 11.1 Å². The van der Waals surface area contributed by atoms with Crippen molar-refractivity contribution in [2.24, 2.45) is 0 Å². The molecule has 1 aromatic carbocycles. The van der Waals surface area contributed by atoms with Gasteiger partial charge in [0.15, 0.2) is 0 Å². The van der Waals surface area contributed by atoms with Gasteiger partial charge in [0.2, 0.25) is 0 Å². The Morgan fingerprint density at radius 2 is 2.17 bits per heavy atom. The Morgan fingerprint density at radius 1 is 1.42 bits per heavy atom. The predicted molar refractivity (Wildman–Crippen MR) is 51.6 cm³/mol. The highest BCUT2D eigenvalue weighted by atomic mass is 16.5. The molecule has 0 saturated heterocycles. The van der Waals surface area contributed by atoms with Crippen LogP contribution in [0.1, 0.15) is 11.1 Å². The second-order valence-electron chi connectivity index (χ2n) is 2.80. The lowest BCUT2D eigenvalue weighted by Gasteiger charge is -2.08. The van der Waals surface area contributed by atoms with Gasteiger partial charge in [0.1, 0.15) is 12.4 Å². The number of hydrogen-bond donors (Lipinski definition) is 0. The zero-order valence-corrected chi connectivity index (χ0v) is 7.63. The summed E-state index contributed by atoms with van der Waals surface area (Å²) in [4.78, 5) is 0. The number of benzene rings is 1. The minimum absolute atomic E-state index is 0.574. The van der Waals surface area contributed by atoms with Gasteiger partial charge < -0.3 is 4.74 Å². The summed E-state index contributed by atoms with van der Waals surface area (Å²) in [5.74, 6) is 0.954. The van der Waals surface area contributed by atoms with Gasteiger partial charge in [0.05, 0.1) is 0 Å². The Balaban J connectivity index is 2.84. The van der Waals surface area contributed by atoms with Crippen molar-refractivity contribution >= 4 is 0 Å². The second-order valence-corrected chi connectivity index (χ2v) is 2.80. The van der Waals surface area contributed by atoms with Crippen LogP contribution in [-0.4, -0.2) is 6.61 Å². The molecule has 0 N–H and O–H groups in total. The molecular formula is C11H14O. The van der Waals surface area contributed by atoms with Crippen molar-refractivity contribution in [3.05, 3.63) is 42.0 Å². The molecule has 0 saturated carbocycles. The summed E-state index contributed by atoms with van der Waals surface area (Å²) >= 11 is 0. The largest absolute Gasteiger partial charge is 0.489 e. The smallest absolute Gasteiger partial charge is 0.122 e. The average molecular weight is 162 g/mol. The van der Waals surface area contributed by atoms with Gasteiger partial charge in [0.25, 0.3) is 0 Å². The van der Waals surface area contributed by atoms with Crippen molar-refractivity contribution < 1.29 is 4.74 Å². The van der Waals surface area contributed by atoms with Gasteiger partial charge >= 0.3 is 0 Å². The summed E-state index contributed by atoms with van der Waals surface area (Å²) < 4.78 is 5.45. The molecule has 1 rings (SSSR count). The van der Waals surface area contributed by atoms with Crippen LogP contribution in [-0.2, 0) is 0 Å². The minimum Gasteiger partial charge on any atom is -0.489 e. The van der Waals surface area contributed by atoms with Crippen LogP contribution in [0.25, 0.3) is 0 Å². The molecule has 0 fully saturated rings. The topological polar surface area (TPSA) is 9.23 Å². The molecule has 0 unspecified atom stereocenters. The van der Waals surface area contributed by atoms with Crippen LogP contribution in [0.2, 0.25) is 0 Å². The highest BCUT2D eigenvalue weighted by Gasteiger charge is 1.99. The summed E-state index contributed by atoms with van der Waals surface area (Å²) in [6.07, 6.45) is 1.75. The van der Waals surface area contributed by atoms with Gasteiger partial charge in [-0.1, -0.05) is 24.8 Å². The van der Waals surface area contributed by atoms with Gasteiger partial charge in [-0.15, -0.1) is 0 Å². The van der Waals surface area contributed by atoms with E-state index in [-0.39, 0.29) is 0 Å². The molecule has 0 aliphatic rings. The molecule has 64 valence electrons. The van der Waals surface area contributed by atoms with Crippen molar-refractivity contribution in [2.45, 2.75) is 13.8 Å². The van der Waals surface area contributed by atoms with Crippen LogP contribution in [0.15, 0.2) is 30.9 Å². The van der Waals surface area contributed by atoms with Crippen molar-refractivity contribution in [3.8, 4) is 5.75 Å². The fourth-order valence-corrected chi connectivity index (χ4v) is 1.03. The standard InChI is InChI=1S/C11H14O/c1-4-8-12-11-7-5-6-9(2)10(11)3/h4-7H,1,8H2,2-3H3. The lowest BCUT2D eigenvalue weighted by Crippen LogP contribution is -1.95. The van der Waals surface area contributed by atoms with E-state index in [1.807, 2.05) is 12.1 Å². The fraction of sp³-hybridized carbons (Fsp3) is 0.273. The Hall–Kier alpha value is -1.24. The van der Waals surface area contributed by atoms with Crippen LogP contribution in [0.3, 0.4) is 0 Å². The summed E-state index contributed by atoms with van der Waals surface area (Å²) in [6, 6.07) is 6.06. The molecule has 0 amide bonds. The van der Waals surface area contributed by atoms with Crippen LogP contribution in [0.5, 0.6) is 5.75 Å². The Bertz CT molecular complexity index is 276. The van der Waals surface area contributed by atoms with Gasteiger partial charge in [-0.25, -0.2) is 0 Å². The Kier molecular flexibility index (Phi) is 2.92. The molecule has 12 heavy (non-hydrogen) atoms. The molecule has 0 radical (unpaired) electrons. The van der Waals surface area contributed by atoms with Crippen LogP contribution in [0, 0.1) is 13.8 Å². The second kappa shape index (κ2) is 3.96. The van der Waals surface area contributed by atoms with E-state index < -0.39 is 0 Å². The number of rotatable bonds is 3. The highest BCUT2D eigenvalue weighted by molar-refractivity contribution is 5.38. The first-order valence-electron chi connectivity index (χ1n) is 4.05. The van der Waals surface area contributed by atoms with Crippen molar-refractivity contribution in [2.75, 3.05) is 6.61 Å². The summed E-state index contributed by atoms with van der Waals surface area (Å²) in [5.41, 5.74) is 2.47. The van der Waals surface area contributed by atoms with E-state index in [0.717, 1.165) is 5.75 Å². The molecule has 0 spiro atoms. The average Bonchev–Trinajstić information content (AvgIpc) is 2.08. The third kappa shape index (κ3) is 1.88. The summed E-state index contributed by atoms with van der Waals surface area (Å²) in [5, 5.41) is 0. The normalized spacial score (nSPS) is 9.50. The molecule has 0 aromatic heterocycles. The maximum Gasteiger partial charge on any atom is 0.122 e. The fourth-order valence-electron chi connectivity index (χ4n) is 1.03. The first-order valence-corrected chi connectivity index (χ1v) is 4.05. The summed E-state index contributed by atoms with van der Waals surface area (Å²) in [6.45, 7) is 8.32. The monoisotopic (exact) mass is 162 g/mol. The number of ether oxygens (including phenoxy) is 1. The van der Waals surface area contributed by atoms with Gasteiger partial charge in [0, 0.05) is 0 Å². The maximum atomic E-state index is 5.45. The molecule has 1 aromatic rings.